The third-order valence-electron chi connectivity index (χ3n) is 4.02. The first-order valence-corrected chi connectivity index (χ1v) is 8.21. The maximum Gasteiger partial charge on any atom is 0.387 e. The Kier molecular flexibility index (Phi) is 9.64. The highest BCUT2D eigenvalue weighted by molar-refractivity contribution is 5.94. The lowest BCUT2D eigenvalue weighted by Crippen LogP contribution is -2.36. The second-order valence-electron chi connectivity index (χ2n) is 5.80. The van der Waals surface area contributed by atoms with Crippen LogP contribution in [0.3, 0.4) is 0 Å². The Morgan fingerprint density at radius 3 is 2.54 bits per heavy atom. The molecule has 136 valence electrons. The lowest BCUT2D eigenvalue weighted by atomic mass is 10.1. The Morgan fingerprint density at radius 2 is 1.88 bits per heavy atom. The molecule has 1 fully saturated rings. The van der Waals surface area contributed by atoms with Crippen LogP contribution < -0.4 is 15.4 Å². The van der Waals surface area contributed by atoms with Crippen LogP contribution in [0.25, 0.3) is 0 Å². The van der Waals surface area contributed by atoms with Crippen molar-refractivity contribution < 1.29 is 18.3 Å². The van der Waals surface area contributed by atoms with E-state index in [0.717, 1.165) is 0 Å². The second-order valence-corrected chi connectivity index (χ2v) is 5.80. The van der Waals surface area contributed by atoms with Crippen molar-refractivity contribution in [1.82, 2.24) is 10.6 Å². The van der Waals surface area contributed by atoms with Crippen molar-refractivity contribution in [3.8, 4) is 5.75 Å². The van der Waals surface area contributed by atoms with Crippen molar-refractivity contribution in [3.05, 3.63) is 29.8 Å². The van der Waals surface area contributed by atoms with Gasteiger partial charge in [0, 0.05) is 24.7 Å². The third kappa shape index (κ3) is 7.45. The quantitative estimate of drug-likeness (QED) is 0.573. The number of nitrogens with one attached hydrogen (secondary N) is 2. The van der Waals surface area contributed by atoms with Crippen LogP contribution >= 0.6 is 12.4 Å². The predicted molar refractivity (Wildman–Crippen MR) is 92.1 cm³/mol. The first-order valence-electron chi connectivity index (χ1n) is 8.21. The summed E-state index contributed by atoms with van der Waals surface area (Å²) < 4.78 is 28.6. The summed E-state index contributed by atoms with van der Waals surface area (Å²) >= 11 is 0. The van der Waals surface area contributed by atoms with E-state index >= 15 is 0 Å². The van der Waals surface area contributed by atoms with Gasteiger partial charge in [-0.05, 0) is 31.0 Å². The van der Waals surface area contributed by atoms with Crippen LogP contribution in [0.2, 0.25) is 0 Å². The fourth-order valence-corrected chi connectivity index (χ4v) is 2.85. The van der Waals surface area contributed by atoms with Crippen molar-refractivity contribution in [2.45, 2.75) is 51.2 Å². The van der Waals surface area contributed by atoms with E-state index in [1.54, 1.807) is 6.07 Å². The minimum atomic E-state index is -2.89. The first-order chi connectivity index (χ1) is 11.1. The monoisotopic (exact) mass is 362 g/mol. The Bertz CT molecular complexity index is 495. The Hall–Kier alpha value is -1.40. The molecule has 0 spiro atoms. The molecule has 1 aliphatic carbocycles. The van der Waals surface area contributed by atoms with Gasteiger partial charge in [-0.1, -0.05) is 31.7 Å². The molecule has 0 heterocycles. The van der Waals surface area contributed by atoms with E-state index in [0.29, 0.717) is 24.7 Å². The molecule has 1 aromatic rings. The van der Waals surface area contributed by atoms with E-state index in [1.807, 2.05) is 0 Å². The van der Waals surface area contributed by atoms with Gasteiger partial charge >= 0.3 is 6.61 Å². The van der Waals surface area contributed by atoms with Gasteiger partial charge < -0.3 is 15.4 Å². The summed E-state index contributed by atoms with van der Waals surface area (Å²) in [5, 5.41) is 6.26. The molecule has 1 saturated carbocycles. The van der Waals surface area contributed by atoms with Gasteiger partial charge in [-0.2, -0.15) is 8.78 Å². The molecule has 1 amide bonds. The number of hydrogen-bond acceptors (Lipinski definition) is 3. The maximum absolute atomic E-state index is 12.2. The van der Waals surface area contributed by atoms with Gasteiger partial charge in [0.15, 0.2) is 0 Å². The summed E-state index contributed by atoms with van der Waals surface area (Å²) in [7, 11) is 0. The topological polar surface area (TPSA) is 50.4 Å². The van der Waals surface area contributed by atoms with Crippen LogP contribution in [0.5, 0.6) is 5.75 Å². The van der Waals surface area contributed by atoms with Crippen LogP contribution in [0, 0.1) is 0 Å². The average Bonchev–Trinajstić information content (AvgIpc) is 2.79. The van der Waals surface area contributed by atoms with Crippen molar-refractivity contribution in [2.24, 2.45) is 0 Å². The van der Waals surface area contributed by atoms with E-state index in [2.05, 4.69) is 15.4 Å². The largest absolute Gasteiger partial charge is 0.435 e. The number of rotatable bonds is 7. The molecule has 0 aromatic heterocycles. The molecule has 7 heteroatoms. The molecule has 0 atom stereocenters. The molecule has 4 nitrogen and oxygen atoms in total. The molecular formula is C17H25ClF2N2O2. The van der Waals surface area contributed by atoms with Gasteiger partial charge in [0.25, 0.3) is 5.91 Å². The molecule has 0 saturated heterocycles. The van der Waals surface area contributed by atoms with E-state index in [4.69, 9.17) is 0 Å². The number of alkyl halides is 2. The summed E-state index contributed by atoms with van der Waals surface area (Å²) in [4.78, 5) is 12.0. The zero-order valence-corrected chi connectivity index (χ0v) is 14.4. The van der Waals surface area contributed by atoms with Crippen LogP contribution in [-0.2, 0) is 0 Å². The molecule has 0 radical (unpaired) electrons. The van der Waals surface area contributed by atoms with E-state index < -0.39 is 6.61 Å². The standard InChI is InChI=1S/C17H24F2N2O2.ClH/c18-17(19)23-15-9-5-6-13(12-15)16(22)21-11-10-20-14-7-3-1-2-4-8-14;/h5-6,9,12,14,17,20H,1-4,7-8,10-11H2,(H,21,22);1H. The summed E-state index contributed by atoms with van der Waals surface area (Å²) in [5.74, 6) is -0.295. The molecular weight excluding hydrogens is 338 g/mol. The van der Waals surface area contributed by atoms with Gasteiger partial charge in [-0.25, -0.2) is 0 Å². The summed E-state index contributed by atoms with van der Waals surface area (Å²) in [6.07, 6.45) is 7.54. The zero-order valence-electron chi connectivity index (χ0n) is 13.6. The minimum Gasteiger partial charge on any atom is -0.435 e. The van der Waals surface area contributed by atoms with Crippen molar-refractivity contribution in [2.75, 3.05) is 13.1 Å². The predicted octanol–water partition coefficient (Wildman–Crippen LogP) is 3.75. The Labute approximate surface area is 147 Å². The van der Waals surface area contributed by atoms with Crippen molar-refractivity contribution >= 4 is 18.3 Å². The SMILES string of the molecule is Cl.O=C(NCCNC1CCCCCC1)c1cccc(OC(F)F)c1. The zero-order chi connectivity index (χ0) is 16.5. The summed E-state index contributed by atoms with van der Waals surface area (Å²) in [5.41, 5.74) is 0.317. The van der Waals surface area contributed by atoms with Crippen LogP contribution in [0.15, 0.2) is 24.3 Å². The molecule has 0 unspecified atom stereocenters. The normalized spacial score (nSPS) is 15.5. The number of carbonyl (C=O) groups is 1. The molecule has 1 aliphatic rings. The number of ether oxygens (including phenoxy) is 1. The molecule has 2 N–H and O–H groups in total. The fraction of sp³-hybridized carbons (Fsp3) is 0.588. The van der Waals surface area contributed by atoms with Gasteiger partial charge in [0.05, 0.1) is 0 Å². The van der Waals surface area contributed by atoms with Crippen LogP contribution in [0.1, 0.15) is 48.9 Å². The lowest BCUT2D eigenvalue weighted by Gasteiger charge is -2.16. The second kappa shape index (κ2) is 11.2. The van der Waals surface area contributed by atoms with Gasteiger partial charge in [0.2, 0.25) is 0 Å². The first kappa shape index (κ1) is 20.6. The highest BCUT2D eigenvalue weighted by Crippen LogP contribution is 2.17. The van der Waals surface area contributed by atoms with Gasteiger partial charge in [0.1, 0.15) is 5.75 Å². The van der Waals surface area contributed by atoms with E-state index in [-0.39, 0.29) is 24.1 Å². The number of carbonyl (C=O) groups excluding carboxylic acids is 1. The van der Waals surface area contributed by atoms with Crippen LogP contribution in [0.4, 0.5) is 8.78 Å². The number of benzene rings is 1. The van der Waals surface area contributed by atoms with E-state index in [9.17, 15) is 13.6 Å². The molecule has 0 bridgehead atoms. The maximum atomic E-state index is 12.2. The Balaban J connectivity index is 0.00000288. The lowest BCUT2D eigenvalue weighted by molar-refractivity contribution is -0.0498. The van der Waals surface area contributed by atoms with Gasteiger partial charge in [-0.15, -0.1) is 12.4 Å². The Morgan fingerprint density at radius 1 is 1.17 bits per heavy atom. The number of amides is 1. The average molecular weight is 363 g/mol. The number of hydrogen-bond donors (Lipinski definition) is 2. The highest BCUT2D eigenvalue weighted by atomic mass is 35.5. The van der Waals surface area contributed by atoms with Crippen LogP contribution in [-0.4, -0.2) is 31.7 Å². The third-order valence-corrected chi connectivity index (χ3v) is 4.02. The fourth-order valence-electron chi connectivity index (χ4n) is 2.85. The summed E-state index contributed by atoms with van der Waals surface area (Å²) in [6, 6.07) is 6.36. The molecule has 0 aliphatic heterocycles. The van der Waals surface area contributed by atoms with E-state index in [1.165, 1.54) is 56.7 Å². The number of halogens is 3. The smallest absolute Gasteiger partial charge is 0.387 e. The molecule has 2 rings (SSSR count). The summed E-state index contributed by atoms with van der Waals surface area (Å²) in [6.45, 7) is -1.67. The molecule has 1 aromatic carbocycles. The van der Waals surface area contributed by atoms with Gasteiger partial charge in [-0.3, -0.25) is 4.79 Å². The minimum absolute atomic E-state index is 0. The van der Waals surface area contributed by atoms with Crippen molar-refractivity contribution in [3.63, 3.8) is 0 Å². The molecule has 24 heavy (non-hydrogen) atoms. The van der Waals surface area contributed by atoms with Crippen molar-refractivity contribution in [1.29, 1.82) is 0 Å². The highest BCUT2D eigenvalue weighted by Gasteiger charge is 2.12.